The van der Waals surface area contributed by atoms with Crippen molar-refractivity contribution >= 4 is 10.0 Å². The Morgan fingerprint density at radius 2 is 1.91 bits per heavy atom. The van der Waals surface area contributed by atoms with E-state index in [9.17, 15) is 8.42 Å². The zero-order chi connectivity index (χ0) is 15.9. The standard InChI is InChI=1S/C16H24N2O3S/c1-11-8-12(2)16(21-3)15(9-11)22(19,20)18(13-4-5-13)14-6-7-17-10-14/h8-9,13-14,17H,4-7,10H2,1-3H3. The van der Waals surface area contributed by atoms with Gasteiger partial charge in [-0.3, -0.25) is 0 Å². The van der Waals surface area contributed by atoms with Crippen LogP contribution in [0, 0.1) is 13.8 Å². The first kappa shape index (κ1) is 15.8. The van der Waals surface area contributed by atoms with Crippen LogP contribution in [-0.2, 0) is 10.0 Å². The first-order valence-electron chi connectivity index (χ1n) is 7.84. The number of hydrogen-bond donors (Lipinski definition) is 1. The van der Waals surface area contributed by atoms with Crippen molar-refractivity contribution < 1.29 is 13.2 Å². The molecule has 1 N–H and O–H groups in total. The van der Waals surface area contributed by atoms with Gasteiger partial charge in [-0.2, -0.15) is 4.31 Å². The highest BCUT2D eigenvalue weighted by Gasteiger charge is 2.44. The molecule has 0 spiro atoms. The van der Waals surface area contributed by atoms with Crippen LogP contribution in [0.25, 0.3) is 0 Å². The van der Waals surface area contributed by atoms with E-state index in [-0.39, 0.29) is 12.1 Å². The third-order valence-electron chi connectivity index (χ3n) is 4.45. The van der Waals surface area contributed by atoms with Crippen LogP contribution in [0.5, 0.6) is 5.75 Å². The minimum Gasteiger partial charge on any atom is -0.495 e. The van der Waals surface area contributed by atoms with Gasteiger partial charge in [-0.25, -0.2) is 8.42 Å². The number of nitrogens with zero attached hydrogens (tertiary/aromatic N) is 1. The maximum atomic E-state index is 13.3. The molecule has 5 nitrogen and oxygen atoms in total. The van der Waals surface area contributed by atoms with Crippen LogP contribution in [0.15, 0.2) is 17.0 Å². The summed E-state index contributed by atoms with van der Waals surface area (Å²) in [5, 5.41) is 3.27. The van der Waals surface area contributed by atoms with Crippen LogP contribution in [0.2, 0.25) is 0 Å². The molecule has 1 aromatic carbocycles. The van der Waals surface area contributed by atoms with Crippen molar-refractivity contribution in [2.45, 2.75) is 50.1 Å². The molecule has 122 valence electrons. The molecule has 3 rings (SSSR count). The molecule has 22 heavy (non-hydrogen) atoms. The van der Waals surface area contributed by atoms with E-state index in [2.05, 4.69) is 5.32 Å². The van der Waals surface area contributed by atoms with Gasteiger partial charge in [0.1, 0.15) is 10.6 Å². The zero-order valence-electron chi connectivity index (χ0n) is 13.4. The van der Waals surface area contributed by atoms with Crippen LogP contribution < -0.4 is 10.1 Å². The summed E-state index contributed by atoms with van der Waals surface area (Å²) in [6, 6.07) is 3.90. The van der Waals surface area contributed by atoms with Gasteiger partial charge in [-0.15, -0.1) is 0 Å². The molecule has 2 aliphatic rings. The molecule has 0 aromatic heterocycles. The molecule has 1 saturated heterocycles. The summed E-state index contributed by atoms with van der Waals surface area (Å²) < 4.78 is 33.8. The maximum absolute atomic E-state index is 13.3. The number of nitrogens with one attached hydrogen (secondary N) is 1. The van der Waals surface area contributed by atoms with Gasteiger partial charge in [0.05, 0.1) is 7.11 Å². The number of hydrogen-bond acceptors (Lipinski definition) is 4. The number of aryl methyl sites for hydroxylation is 2. The Kier molecular flexibility index (Phi) is 4.18. The fourth-order valence-corrected chi connectivity index (χ4v) is 5.57. The molecular formula is C16H24N2O3S. The van der Waals surface area contributed by atoms with Gasteiger partial charge in [0.25, 0.3) is 0 Å². The van der Waals surface area contributed by atoms with Gasteiger partial charge in [-0.05, 0) is 56.8 Å². The highest BCUT2D eigenvalue weighted by atomic mass is 32.2. The Hall–Kier alpha value is -1.11. The summed E-state index contributed by atoms with van der Waals surface area (Å²) in [4.78, 5) is 0.311. The predicted molar refractivity (Wildman–Crippen MR) is 85.8 cm³/mol. The molecule has 0 amide bonds. The van der Waals surface area contributed by atoms with Gasteiger partial charge in [0.2, 0.25) is 10.0 Å². The number of benzene rings is 1. The molecule has 0 bridgehead atoms. The fraction of sp³-hybridized carbons (Fsp3) is 0.625. The normalized spacial score (nSPS) is 22.3. The van der Waals surface area contributed by atoms with Crippen molar-refractivity contribution in [1.29, 1.82) is 0 Å². The van der Waals surface area contributed by atoms with E-state index in [0.717, 1.165) is 43.5 Å². The lowest BCUT2D eigenvalue weighted by Gasteiger charge is -2.28. The second-order valence-corrected chi connectivity index (χ2v) is 8.14. The van der Waals surface area contributed by atoms with E-state index < -0.39 is 10.0 Å². The lowest BCUT2D eigenvalue weighted by molar-refractivity contribution is 0.323. The molecule has 1 unspecified atom stereocenters. The highest BCUT2D eigenvalue weighted by molar-refractivity contribution is 7.89. The SMILES string of the molecule is COc1c(C)cc(C)cc1S(=O)(=O)N(C1CC1)C1CCNC1. The van der Waals surface area contributed by atoms with E-state index in [4.69, 9.17) is 4.74 Å². The second-order valence-electron chi connectivity index (χ2n) is 6.33. The first-order valence-corrected chi connectivity index (χ1v) is 9.28. The number of rotatable bonds is 5. The van der Waals surface area contributed by atoms with Gasteiger partial charge in [-0.1, -0.05) is 6.07 Å². The molecule has 2 fully saturated rings. The molecule has 0 radical (unpaired) electrons. The van der Waals surface area contributed by atoms with E-state index >= 15 is 0 Å². The first-order chi connectivity index (χ1) is 10.4. The van der Waals surface area contributed by atoms with E-state index in [1.807, 2.05) is 19.9 Å². The van der Waals surface area contributed by atoms with Gasteiger partial charge in [0.15, 0.2) is 0 Å². The second kappa shape index (κ2) is 5.83. The minimum absolute atomic E-state index is 0.0584. The largest absolute Gasteiger partial charge is 0.495 e. The van der Waals surface area contributed by atoms with Crippen molar-refractivity contribution in [2.24, 2.45) is 0 Å². The van der Waals surface area contributed by atoms with Crippen molar-refractivity contribution in [1.82, 2.24) is 9.62 Å². The predicted octanol–water partition coefficient (Wildman–Crippen LogP) is 1.83. The molecule has 1 atom stereocenters. The van der Waals surface area contributed by atoms with Gasteiger partial charge < -0.3 is 10.1 Å². The Morgan fingerprint density at radius 1 is 1.18 bits per heavy atom. The third-order valence-corrected chi connectivity index (χ3v) is 6.46. The molecule has 6 heteroatoms. The van der Waals surface area contributed by atoms with Crippen LogP contribution in [-0.4, -0.2) is 45.0 Å². The molecule has 1 heterocycles. The zero-order valence-corrected chi connectivity index (χ0v) is 14.2. The lowest BCUT2D eigenvalue weighted by Crippen LogP contribution is -2.43. The number of sulfonamides is 1. The summed E-state index contributed by atoms with van der Waals surface area (Å²) in [5.41, 5.74) is 1.80. The monoisotopic (exact) mass is 324 g/mol. The molecule has 1 aliphatic carbocycles. The van der Waals surface area contributed by atoms with Crippen LogP contribution in [0.4, 0.5) is 0 Å². The van der Waals surface area contributed by atoms with Crippen molar-refractivity contribution in [2.75, 3.05) is 20.2 Å². The van der Waals surface area contributed by atoms with Crippen LogP contribution in [0.3, 0.4) is 0 Å². The molecule has 1 aliphatic heterocycles. The summed E-state index contributed by atoms with van der Waals surface area (Å²) >= 11 is 0. The topological polar surface area (TPSA) is 58.6 Å². The van der Waals surface area contributed by atoms with Gasteiger partial charge in [0, 0.05) is 18.6 Å². The van der Waals surface area contributed by atoms with E-state index in [1.54, 1.807) is 10.4 Å². The Morgan fingerprint density at radius 3 is 2.45 bits per heavy atom. The average Bonchev–Trinajstić information content (AvgIpc) is 3.12. The summed E-state index contributed by atoms with van der Waals surface area (Å²) in [7, 11) is -2.00. The highest BCUT2D eigenvalue weighted by Crippen LogP contribution is 2.39. The molecule has 1 aromatic rings. The van der Waals surface area contributed by atoms with Crippen LogP contribution >= 0.6 is 0 Å². The van der Waals surface area contributed by atoms with Crippen LogP contribution in [0.1, 0.15) is 30.4 Å². The Balaban J connectivity index is 2.08. The summed E-state index contributed by atoms with van der Waals surface area (Å²) in [6.45, 7) is 5.43. The number of ether oxygens (including phenoxy) is 1. The minimum atomic E-state index is -3.54. The quantitative estimate of drug-likeness (QED) is 0.898. The number of methoxy groups -OCH3 is 1. The Bertz CT molecular complexity index is 662. The third kappa shape index (κ3) is 2.75. The van der Waals surface area contributed by atoms with Crippen molar-refractivity contribution in [3.05, 3.63) is 23.3 Å². The maximum Gasteiger partial charge on any atom is 0.247 e. The Labute approximate surface area is 132 Å². The molecule has 1 saturated carbocycles. The van der Waals surface area contributed by atoms with Gasteiger partial charge >= 0.3 is 0 Å². The summed E-state index contributed by atoms with van der Waals surface area (Å²) in [5.74, 6) is 0.474. The van der Waals surface area contributed by atoms with E-state index in [0.29, 0.717) is 10.6 Å². The van der Waals surface area contributed by atoms with E-state index in [1.165, 1.54) is 7.11 Å². The molecular weight excluding hydrogens is 300 g/mol. The van der Waals surface area contributed by atoms with Crippen molar-refractivity contribution in [3.8, 4) is 5.75 Å². The van der Waals surface area contributed by atoms with Crippen molar-refractivity contribution in [3.63, 3.8) is 0 Å². The summed E-state index contributed by atoms with van der Waals surface area (Å²) in [6.07, 6.45) is 2.80. The fourth-order valence-electron chi connectivity index (χ4n) is 3.36. The average molecular weight is 324 g/mol. The lowest BCUT2D eigenvalue weighted by atomic mass is 10.1. The smallest absolute Gasteiger partial charge is 0.247 e.